The van der Waals surface area contributed by atoms with Gasteiger partial charge in [-0.15, -0.1) is 10.3 Å². The van der Waals surface area contributed by atoms with E-state index < -0.39 is 0 Å². The van der Waals surface area contributed by atoms with Crippen LogP contribution < -0.4 is 0 Å². The van der Waals surface area contributed by atoms with Gasteiger partial charge in [-0.1, -0.05) is 25.0 Å². The van der Waals surface area contributed by atoms with E-state index >= 15 is 0 Å². The molecule has 0 saturated heterocycles. The summed E-state index contributed by atoms with van der Waals surface area (Å²) in [4.78, 5) is 0. The zero-order valence-corrected chi connectivity index (χ0v) is 11.1. The minimum Gasteiger partial charge on any atom is -0.121 e. The van der Waals surface area contributed by atoms with Crippen LogP contribution in [0.2, 0.25) is 15.5 Å². The largest absolute Gasteiger partial charge is 0.121 e. The highest BCUT2D eigenvalue weighted by atomic mass is 14.3. The summed E-state index contributed by atoms with van der Waals surface area (Å²) in [7, 11) is 16.6. The number of hydrogen-bond acceptors (Lipinski definition) is 0. The summed E-state index contributed by atoms with van der Waals surface area (Å²) in [5.74, 6) is 0.724. The molecule has 0 radical (unpaired) electrons. The third-order valence-electron chi connectivity index (χ3n) is 4.93. The van der Waals surface area contributed by atoms with Crippen LogP contribution in [0.5, 0.6) is 0 Å². The molecule has 0 nitrogen and oxygen atoms in total. The Bertz CT molecular complexity index is 178. The predicted octanol–water partition coefficient (Wildman–Crippen LogP) is -4.62. The number of hydrogen-bond donors (Lipinski definition) is 0. The van der Waals surface area contributed by atoms with Gasteiger partial charge in [0.25, 0.3) is 0 Å². The molecular formula is C6H21B7. The molecule has 0 aromatic carbocycles. The van der Waals surface area contributed by atoms with Gasteiger partial charge in [-0.25, -0.2) is 0 Å². The molecule has 0 unspecified atom stereocenters. The molecule has 0 amide bonds. The second-order valence-corrected chi connectivity index (χ2v) is 6.75. The van der Waals surface area contributed by atoms with E-state index in [-0.39, 0.29) is 0 Å². The fourth-order valence-corrected chi connectivity index (χ4v) is 1.69. The summed E-state index contributed by atoms with van der Waals surface area (Å²) in [5.41, 5.74) is 0. The third kappa shape index (κ3) is 2.28. The van der Waals surface area contributed by atoms with Gasteiger partial charge >= 0.3 is 0 Å². The Hall–Kier alpha value is 0.455. The average Bonchev–Trinajstić information content (AvgIpc) is 1.84. The third-order valence-corrected chi connectivity index (χ3v) is 4.93. The van der Waals surface area contributed by atoms with Gasteiger partial charge < -0.3 is 0 Å². The van der Waals surface area contributed by atoms with Crippen LogP contribution in [0, 0.1) is 5.92 Å². The van der Waals surface area contributed by atoms with Gasteiger partial charge in [-0.2, -0.15) is 0 Å². The SMILES string of the molecule is BC(B)(B)C(B)(B)C(B)(B)C(C)C. The van der Waals surface area contributed by atoms with Crippen LogP contribution in [0.3, 0.4) is 0 Å². The molecule has 0 rings (SSSR count). The van der Waals surface area contributed by atoms with Gasteiger partial charge in [0.2, 0.25) is 0 Å². The molecule has 13 heavy (non-hydrogen) atoms. The molecule has 0 aliphatic carbocycles. The maximum absolute atomic E-state index is 2.40. The Kier molecular flexibility index (Phi) is 3.67. The zero-order valence-electron chi connectivity index (χ0n) is 11.1. The van der Waals surface area contributed by atoms with Crippen molar-refractivity contribution in [3.63, 3.8) is 0 Å². The summed E-state index contributed by atoms with van der Waals surface area (Å²) < 4.78 is 0. The molecule has 0 spiro atoms. The fourth-order valence-electron chi connectivity index (χ4n) is 1.69. The topological polar surface area (TPSA) is 0 Å². The second-order valence-electron chi connectivity index (χ2n) is 6.75. The Labute approximate surface area is 90.6 Å². The molecule has 0 atom stereocenters. The molecule has 7 heteroatoms. The Balaban J connectivity index is 5.04. The molecule has 66 valence electrons. The van der Waals surface area contributed by atoms with Crippen molar-refractivity contribution < 1.29 is 0 Å². The first kappa shape index (κ1) is 13.5. The second kappa shape index (κ2) is 3.55. The summed E-state index contributed by atoms with van der Waals surface area (Å²) in [6, 6.07) is 0. The Morgan fingerprint density at radius 1 is 0.769 bits per heavy atom. The minimum absolute atomic E-state index is 0.355. The molecule has 0 aliphatic heterocycles. The van der Waals surface area contributed by atoms with Crippen molar-refractivity contribution >= 4 is 54.9 Å². The van der Waals surface area contributed by atoms with Crippen molar-refractivity contribution in [1.82, 2.24) is 0 Å². The molecule has 0 heterocycles. The summed E-state index contributed by atoms with van der Waals surface area (Å²) >= 11 is 0. The van der Waals surface area contributed by atoms with Crippen LogP contribution in [0.4, 0.5) is 0 Å². The van der Waals surface area contributed by atoms with Crippen LogP contribution in [-0.2, 0) is 0 Å². The first-order valence-corrected chi connectivity index (χ1v) is 5.44. The van der Waals surface area contributed by atoms with Crippen molar-refractivity contribution in [2.45, 2.75) is 29.4 Å². The number of rotatable bonds is 3. The normalized spacial score (nSPS) is 14.7. The lowest BCUT2D eigenvalue weighted by Crippen LogP contribution is -2.46. The lowest BCUT2D eigenvalue weighted by atomic mass is 9.13. The van der Waals surface area contributed by atoms with E-state index in [1.165, 1.54) is 0 Å². The molecule has 0 saturated carbocycles. The first-order chi connectivity index (χ1) is 5.44. The summed E-state index contributed by atoms with van der Waals surface area (Å²) in [5, 5.41) is 1.10. The molecule has 0 aliphatic rings. The van der Waals surface area contributed by atoms with Gasteiger partial charge in [0.05, 0.1) is 54.9 Å². The smallest absolute Gasteiger partial charge is 0.0983 e. The maximum Gasteiger partial charge on any atom is 0.0983 e. The average molecular weight is 169 g/mol. The van der Waals surface area contributed by atoms with E-state index in [0.717, 1.165) is 5.92 Å². The van der Waals surface area contributed by atoms with Crippen LogP contribution in [-0.4, -0.2) is 54.9 Å². The van der Waals surface area contributed by atoms with Crippen LogP contribution in [0.15, 0.2) is 0 Å². The summed E-state index contributed by atoms with van der Waals surface area (Å²) in [6.07, 6.45) is 0. The van der Waals surface area contributed by atoms with E-state index in [2.05, 4.69) is 68.8 Å². The van der Waals surface area contributed by atoms with Crippen LogP contribution in [0.25, 0.3) is 0 Å². The molecule has 0 fully saturated rings. The van der Waals surface area contributed by atoms with E-state index in [4.69, 9.17) is 0 Å². The van der Waals surface area contributed by atoms with Crippen LogP contribution in [0.1, 0.15) is 13.8 Å². The first-order valence-electron chi connectivity index (χ1n) is 5.44. The highest BCUT2D eigenvalue weighted by Gasteiger charge is 2.45. The van der Waals surface area contributed by atoms with E-state index in [0.29, 0.717) is 15.5 Å². The molecule has 0 aromatic rings. The van der Waals surface area contributed by atoms with Crippen molar-refractivity contribution in [1.29, 1.82) is 0 Å². The lowest BCUT2D eigenvalue weighted by molar-refractivity contribution is 0.476. The van der Waals surface area contributed by atoms with Crippen molar-refractivity contribution in [3.8, 4) is 0 Å². The van der Waals surface area contributed by atoms with Gasteiger partial charge in [-0.05, 0) is 0 Å². The van der Waals surface area contributed by atoms with Gasteiger partial charge in [0, 0.05) is 0 Å². The van der Waals surface area contributed by atoms with Gasteiger partial charge in [0.1, 0.15) is 0 Å². The fraction of sp³-hybridized carbons (Fsp3) is 1.00. The van der Waals surface area contributed by atoms with Gasteiger partial charge in [0.15, 0.2) is 0 Å². The van der Waals surface area contributed by atoms with Crippen molar-refractivity contribution in [2.24, 2.45) is 5.92 Å². The zero-order chi connectivity index (χ0) is 11.1. The maximum atomic E-state index is 2.40. The lowest BCUT2D eigenvalue weighted by Gasteiger charge is -2.54. The highest BCUT2D eigenvalue weighted by molar-refractivity contribution is 6.70. The van der Waals surface area contributed by atoms with E-state index in [9.17, 15) is 0 Å². The monoisotopic (exact) mass is 170 g/mol. The molecule has 0 bridgehead atoms. The standard InChI is InChI=1S/C6H21B7/c1-3(2)4(7,8)5(9,10)6(11,12)13/h3H,7-13H2,1-2H3. The van der Waals surface area contributed by atoms with E-state index in [1.54, 1.807) is 0 Å². The quantitative estimate of drug-likeness (QED) is 0.373. The molecular weight excluding hydrogens is 148 g/mol. The molecule has 0 N–H and O–H groups in total. The predicted molar refractivity (Wildman–Crippen MR) is 82.7 cm³/mol. The van der Waals surface area contributed by atoms with Gasteiger partial charge in [-0.3, -0.25) is 0 Å². The minimum atomic E-state index is 0.355. The Morgan fingerprint density at radius 2 is 1.08 bits per heavy atom. The van der Waals surface area contributed by atoms with Crippen molar-refractivity contribution in [2.75, 3.05) is 0 Å². The van der Waals surface area contributed by atoms with Crippen molar-refractivity contribution in [3.05, 3.63) is 0 Å². The summed E-state index contributed by atoms with van der Waals surface area (Å²) in [6.45, 7) is 4.65. The molecule has 0 aromatic heterocycles. The highest BCUT2D eigenvalue weighted by Crippen LogP contribution is 2.57. The Morgan fingerprint density at radius 3 is 1.15 bits per heavy atom. The van der Waals surface area contributed by atoms with Crippen LogP contribution >= 0.6 is 0 Å². The van der Waals surface area contributed by atoms with E-state index in [1.807, 2.05) is 0 Å².